The van der Waals surface area contributed by atoms with E-state index in [4.69, 9.17) is 4.52 Å². The summed E-state index contributed by atoms with van der Waals surface area (Å²) >= 11 is 0. The number of aryl methyl sites for hydroxylation is 1. The van der Waals surface area contributed by atoms with Gasteiger partial charge in [0.1, 0.15) is 5.41 Å². The summed E-state index contributed by atoms with van der Waals surface area (Å²) in [5, 5.41) is 23.4. The highest BCUT2D eigenvalue weighted by Crippen LogP contribution is 2.52. The molecule has 0 unspecified atom stereocenters. The molecule has 1 aromatic carbocycles. The van der Waals surface area contributed by atoms with E-state index in [9.17, 15) is 5.11 Å². The molecule has 3 aromatic heterocycles. The molecule has 0 bridgehead atoms. The Kier molecular flexibility index (Phi) is 3.49. The van der Waals surface area contributed by atoms with Crippen molar-refractivity contribution in [2.75, 3.05) is 0 Å². The molecule has 7 heteroatoms. The summed E-state index contributed by atoms with van der Waals surface area (Å²) in [5.41, 5.74) is 2.06. The van der Waals surface area contributed by atoms with Crippen LogP contribution in [0.5, 0.6) is 0 Å². The molecule has 1 N–H and O–H groups in total. The SMILES string of the molecule is Cc1ccc(-c2noc(C3(c4nnc5c(C(C)(C)O)cccn45)CC3)n2)cc1. The summed E-state index contributed by atoms with van der Waals surface area (Å²) in [7, 11) is 0. The van der Waals surface area contributed by atoms with E-state index in [0.29, 0.717) is 17.4 Å². The Hall–Kier alpha value is -3.06. The van der Waals surface area contributed by atoms with Gasteiger partial charge in [0.05, 0.1) is 5.60 Å². The van der Waals surface area contributed by atoms with Crippen LogP contribution in [-0.4, -0.2) is 29.8 Å². The van der Waals surface area contributed by atoms with E-state index < -0.39 is 11.0 Å². The summed E-state index contributed by atoms with van der Waals surface area (Å²) in [4.78, 5) is 4.67. The van der Waals surface area contributed by atoms with Crippen LogP contribution in [0.4, 0.5) is 0 Å². The molecular weight excluding hydrogens is 354 g/mol. The van der Waals surface area contributed by atoms with Crippen LogP contribution in [0.25, 0.3) is 17.0 Å². The number of fused-ring (bicyclic) bond motifs is 1. The number of aromatic nitrogens is 5. The predicted octanol–water partition coefficient (Wildman–Crippen LogP) is 3.40. The fraction of sp³-hybridized carbons (Fsp3) is 0.333. The van der Waals surface area contributed by atoms with Gasteiger partial charge >= 0.3 is 0 Å². The topological polar surface area (TPSA) is 89.3 Å². The smallest absolute Gasteiger partial charge is 0.240 e. The Labute approximate surface area is 162 Å². The molecule has 0 radical (unpaired) electrons. The van der Waals surface area contributed by atoms with Gasteiger partial charge < -0.3 is 9.63 Å². The number of hydrogen-bond donors (Lipinski definition) is 1. The highest BCUT2D eigenvalue weighted by atomic mass is 16.5. The minimum absolute atomic E-state index is 0.423. The lowest BCUT2D eigenvalue weighted by atomic mass is 9.99. The Morgan fingerprint density at radius 1 is 1.11 bits per heavy atom. The second-order valence-electron chi connectivity index (χ2n) is 8.07. The Balaban J connectivity index is 1.58. The second-order valence-corrected chi connectivity index (χ2v) is 8.07. The van der Waals surface area contributed by atoms with Crippen LogP contribution in [0.15, 0.2) is 47.1 Å². The van der Waals surface area contributed by atoms with Crippen molar-refractivity contribution in [3.63, 3.8) is 0 Å². The molecule has 0 amide bonds. The lowest BCUT2D eigenvalue weighted by Crippen LogP contribution is -2.18. The van der Waals surface area contributed by atoms with Gasteiger partial charge in [-0.15, -0.1) is 10.2 Å². The molecule has 1 aliphatic carbocycles. The average Bonchev–Trinajstić information content (AvgIpc) is 3.12. The van der Waals surface area contributed by atoms with E-state index in [2.05, 4.69) is 20.3 Å². The van der Waals surface area contributed by atoms with Gasteiger partial charge in [-0.25, -0.2) is 0 Å². The number of benzene rings is 1. The van der Waals surface area contributed by atoms with Gasteiger partial charge in [-0.2, -0.15) is 4.98 Å². The van der Waals surface area contributed by atoms with E-state index in [1.165, 1.54) is 5.56 Å². The molecule has 0 spiro atoms. The maximum absolute atomic E-state index is 10.5. The number of hydrogen-bond acceptors (Lipinski definition) is 6. The second kappa shape index (κ2) is 5.72. The zero-order valence-electron chi connectivity index (χ0n) is 16.0. The monoisotopic (exact) mass is 375 g/mol. The molecule has 5 rings (SSSR count). The molecule has 142 valence electrons. The fourth-order valence-corrected chi connectivity index (χ4v) is 3.62. The molecule has 28 heavy (non-hydrogen) atoms. The third-order valence-corrected chi connectivity index (χ3v) is 5.42. The molecule has 0 saturated heterocycles. The lowest BCUT2D eigenvalue weighted by Gasteiger charge is -2.18. The predicted molar refractivity (Wildman–Crippen MR) is 103 cm³/mol. The van der Waals surface area contributed by atoms with E-state index in [1.54, 1.807) is 13.8 Å². The average molecular weight is 375 g/mol. The third kappa shape index (κ3) is 2.54. The van der Waals surface area contributed by atoms with Gasteiger partial charge in [0.2, 0.25) is 11.7 Å². The molecule has 7 nitrogen and oxygen atoms in total. The number of pyridine rings is 1. The first kappa shape index (κ1) is 17.1. The molecule has 1 saturated carbocycles. The molecule has 1 fully saturated rings. The summed E-state index contributed by atoms with van der Waals surface area (Å²) in [6, 6.07) is 11.8. The van der Waals surface area contributed by atoms with Crippen molar-refractivity contribution < 1.29 is 9.63 Å². The van der Waals surface area contributed by atoms with E-state index in [-0.39, 0.29) is 0 Å². The van der Waals surface area contributed by atoms with Crippen molar-refractivity contribution in [3.05, 3.63) is 65.4 Å². The zero-order chi connectivity index (χ0) is 19.5. The molecular formula is C21H21N5O2. The largest absolute Gasteiger partial charge is 0.386 e. The van der Waals surface area contributed by atoms with Crippen LogP contribution in [0, 0.1) is 6.92 Å². The van der Waals surface area contributed by atoms with Crippen LogP contribution in [0.3, 0.4) is 0 Å². The molecule has 0 atom stereocenters. The number of nitrogens with zero attached hydrogens (tertiary/aromatic N) is 5. The summed E-state index contributed by atoms with van der Waals surface area (Å²) in [5.74, 6) is 1.91. The lowest BCUT2D eigenvalue weighted by molar-refractivity contribution is 0.0796. The van der Waals surface area contributed by atoms with E-state index in [0.717, 1.165) is 29.8 Å². The van der Waals surface area contributed by atoms with E-state index >= 15 is 0 Å². The highest BCUT2D eigenvalue weighted by Gasteiger charge is 2.55. The van der Waals surface area contributed by atoms with Gasteiger partial charge in [-0.05, 0) is 39.7 Å². The first-order valence-electron chi connectivity index (χ1n) is 9.37. The maximum Gasteiger partial charge on any atom is 0.240 e. The normalized spacial score (nSPS) is 15.9. The molecule has 1 aliphatic rings. The van der Waals surface area contributed by atoms with Crippen molar-refractivity contribution in [2.45, 2.75) is 44.6 Å². The maximum atomic E-state index is 10.5. The fourth-order valence-electron chi connectivity index (χ4n) is 3.62. The van der Waals surface area contributed by atoms with Crippen LogP contribution in [-0.2, 0) is 11.0 Å². The Morgan fingerprint density at radius 3 is 2.54 bits per heavy atom. The minimum atomic E-state index is -1.01. The van der Waals surface area contributed by atoms with Gasteiger partial charge in [0.25, 0.3) is 0 Å². The Bertz CT molecular complexity index is 1160. The zero-order valence-corrected chi connectivity index (χ0v) is 16.0. The third-order valence-electron chi connectivity index (χ3n) is 5.42. The van der Waals surface area contributed by atoms with Gasteiger partial charge in [-0.3, -0.25) is 4.40 Å². The van der Waals surface area contributed by atoms with Gasteiger partial charge in [-0.1, -0.05) is 41.1 Å². The molecule has 0 aliphatic heterocycles. The quantitative estimate of drug-likeness (QED) is 0.588. The van der Waals surface area contributed by atoms with Crippen LogP contribution < -0.4 is 0 Å². The van der Waals surface area contributed by atoms with Crippen molar-refractivity contribution in [2.24, 2.45) is 0 Å². The van der Waals surface area contributed by atoms with Gasteiger partial charge in [0, 0.05) is 17.3 Å². The van der Waals surface area contributed by atoms with Crippen molar-refractivity contribution in [1.82, 2.24) is 24.7 Å². The van der Waals surface area contributed by atoms with Crippen molar-refractivity contribution >= 4 is 5.65 Å². The van der Waals surface area contributed by atoms with E-state index in [1.807, 2.05) is 53.9 Å². The van der Waals surface area contributed by atoms with Crippen molar-refractivity contribution in [1.29, 1.82) is 0 Å². The standard InChI is InChI=1S/C21H21N5O2/c1-13-6-8-14(9-7-13)16-22-19(28-25-16)21(10-11-21)18-24-23-17-15(20(2,3)27)5-4-12-26(17)18/h4-9,12,27H,10-11H2,1-3H3. The van der Waals surface area contributed by atoms with Crippen LogP contribution >= 0.6 is 0 Å². The summed E-state index contributed by atoms with van der Waals surface area (Å²) in [6.45, 7) is 5.54. The summed E-state index contributed by atoms with van der Waals surface area (Å²) in [6.07, 6.45) is 3.66. The first-order valence-corrected chi connectivity index (χ1v) is 9.37. The minimum Gasteiger partial charge on any atom is -0.386 e. The molecule has 3 heterocycles. The first-order chi connectivity index (χ1) is 13.4. The van der Waals surface area contributed by atoms with Gasteiger partial charge in [0.15, 0.2) is 11.5 Å². The highest BCUT2D eigenvalue weighted by molar-refractivity contribution is 5.56. The van der Waals surface area contributed by atoms with Crippen molar-refractivity contribution in [3.8, 4) is 11.4 Å². The van der Waals surface area contributed by atoms with Crippen LogP contribution in [0.1, 0.15) is 49.5 Å². The molecule has 4 aromatic rings. The summed E-state index contributed by atoms with van der Waals surface area (Å²) < 4.78 is 7.58. The Morgan fingerprint density at radius 2 is 1.86 bits per heavy atom. The van der Waals surface area contributed by atoms with Crippen LogP contribution in [0.2, 0.25) is 0 Å². The number of aliphatic hydroxyl groups is 1. The number of rotatable bonds is 4.